The number of alkyl halides is 1. The minimum atomic E-state index is -1.39. The molecule has 5 heteroatoms. The Hall–Kier alpha value is -1.96. The Labute approximate surface area is 120 Å². The second-order valence-corrected chi connectivity index (χ2v) is 4.46. The standard InChI is InChI=1S/C15H11ClF2N2/c16-13-7-11(9-20-15(13)14(18)8-19)2-1-10-3-5-12(17)6-4-10/h3-7,9,14H,8,19H2. The maximum absolute atomic E-state index is 13.4. The third-order valence-electron chi connectivity index (χ3n) is 2.57. The van der Waals surface area contributed by atoms with E-state index in [4.69, 9.17) is 17.3 Å². The molecule has 0 aliphatic rings. The van der Waals surface area contributed by atoms with Gasteiger partial charge in [-0.3, -0.25) is 4.98 Å². The van der Waals surface area contributed by atoms with Crippen LogP contribution in [0, 0.1) is 17.7 Å². The lowest BCUT2D eigenvalue weighted by molar-refractivity contribution is 0.345. The molecule has 0 aliphatic heterocycles. The lowest BCUT2D eigenvalue weighted by Crippen LogP contribution is -2.09. The Morgan fingerprint density at radius 2 is 1.85 bits per heavy atom. The molecule has 0 fully saturated rings. The van der Waals surface area contributed by atoms with E-state index in [0.29, 0.717) is 11.1 Å². The first-order chi connectivity index (χ1) is 9.60. The van der Waals surface area contributed by atoms with E-state index in [0.717, 1.165) is 0 Å². The average Bonchev–Trinajstić information content (AvgIpc) is 2.46. The van der Waals surface area contributed by atoms with E-state index in [9.17, 15) is 8.78 Å². The zero-order chi connectivity index (χ0) is 14.5. The number of halogens is 3. The highest BCUT2D eigenvalue weighted by atomic mass is 35.5. The molecule has 20 heavy (non-hydrogen) atoms. The average molecular weight is 293 g/mol. The van der Waals surface area contributed by atoms with Crippen LogP contribution in [0.1, 0.15) is 23.0 Å². The summed E-state index contributed by atoms with van der Waals surface area (Å²) in [5.74, 6) is 5.36. The van der Waals surface area contributed by atoms with Crippen molar-refractivity contribution in [1.29, 1.82) is 0 Å². The van der Waals surface area contributed by atoms with Crippen LogP contribution in [0.5, 0.6) is 0 Å². The van der Waals surface area contributed by atoms with Gasteiger partial charge in [0.05, 0.1) is 10.7 Å². The van der Waals surface area contributed by atoms with E-state index in [1.54, 1.807) is 12.1 Å². The second-order valence-electron chi connectivity index (χ2n) is 4.05. The highest BCUT2D eigenvalue weighted by Crippen LogP contribution is 2.23. The SMILES string of the molecule is NCC(F)c1ncc(C#Cc2ccc(F)cc2)cc1Cl. The van der Waals surface area contributed by atoms with Crippen LogP contribution in [0.3, 0.4) is 0 Å². The molecule has 0 amide bonds. The monoisotopic (exact) mass is 292 g/mol. The van der Waals surface area contributed by atoms with Gasteiger partial charge in [-0.15, -0.1) is 0 Å². The van der Waals surface area contributed by atoms with Crippen LogP contribution in [0.2, 0.25) is 5.02 Å². The molecule has 1 unspecified atom stereocenters. The Bertz CT molecular complexity index is 660. The summed E-state index contributed by atoms with van der Waals surface area (Å²) in [5.41, 5.74) is 6.55. The molecule has 0 bridgehead atoms. The first kappa shape index (κ1) is 14.4. The van der Waals surface area contributed by atoms with Gasteiger partial charge in [-0.05, 0) is 30.3 Å². The van der Waals surface area contributed by atoms with Crippen LogP contribution in [-0.4, -0.2) is 11.5 Å². The molecule has 2 nitrogen and oxygen atoms in total. The molecule has 2 rings (SSSR count). The van der Waals surface area contributed by atoms with Gasteiger partial charge in [0.1, 0.15) is 5.82 Å². The summed E-state index contributed by atoms with van der Waals surface area (Å²) >= 11 is 5.93. The predicted octanol–water partition coefficient (Wildman–Crippen LogP) is 3.24. The summed E-state index contributed by atoms with van der Waals surface area (Å²) in [4.78, 5) is 3.93. The van der Waals surface area contributed by atoms with E-state index in [1.165, 1.54) is 24.4 Å². The molecule has 0 radical (unpaired) electrons. The fraction of sp³-hybridized carbons (Fsp3) is 0.133. The predicted molar refractivity (Wildman–Crippen MR) is 74.5 cm³/mol. The topological polar surface area (TPSA) is 38.9 Å². The van der Waals surface area contributed by atoms with E-state index in [-0.39, 0.29) is 23.1 Å². The normalized spacial score (nSPS) is 11.6. The zero-order valence-corrected chi connectivity index (χ0v) is 11.2. The summed E-state index contributed by atoms with van der Waals surface area (Å²) in [7, 11) is 0. The molecule has 2 aromatic rings. The van der Waals surface area contributed by atoms with Crippen molar-refractivity contribution in [3.63, 3.8) is 0 Å². The number of nitrogens with zero attached hydrogens (tertiary/aromatic N) is 1. The number of rotatable bonds is 2. The molecular formula is C15H11ClF2N2. The van der Waals surface area contributed by atoms with E-state index in [2.05, 4.69) is 16.8 Å². The van der Waals surface area contributed by atoms with E-state index < -0.39 is 6.17 Å². The van der Waals surface area contributed by atoms with Crippen molar-refractivity contribution in [3.8, 4) is 11.8 Å². The van der Waals surface area contributed by atoms with Crippen molar-refractivity contribution >= 4 is 11.6 Å². The minimum Gasteiger partial charge on any atom is -0.327 e. The summed E-state index contributed by atoms with van der Waals surface area (Å²) in [5, 5.41) is 0.189. The van der Waals surface area contributed by atoms with Gasteiger partial charge in [-0.2, -0.15) is 0 Å². The molecule has 0 aliphatic carbocycles. The molecule has 0 saturated carbocycles. The van der Waals surface area contributed by atoms with Gasteiger partial charge in [0.15, 0.2) is 6.17 Å². The zero-order valence-electron chi connectivity index (χ0n) is 10.4. The molecule has 102 valence electrons. The first-order valence-corrected chi connectivity index (χ1v) is 6.25. The Morgan fingerprint density at radius 3 is 2.45 bits per heavy atom. The first-order valence-electron chi connectivity index (χ1n) is 5.87. The van der Waals surface area contributed by atoms with Crippen molar-refractivity contribution in [2.24, 2.45) is 5.73 Å². The second kappa shape index (κ2) is 6.47. The summed E-state index contributed by atoms with van der Waals surface area (Å²) in [6.45, 7) is -0.173. The Balaban J connectivity index is 2.23. The maximum atomic E-state index is 13.4. The number of benzene rings is 1. The van der Waals surface area contributed by atoms with Gasteiger partial charge in [0, 0.05) is 23.9 Å². The lowest BCUT2D eigenvalue weighted by atomic mass is 10.2. The van der Waals surface area contributed by atoms with Gasteiger partial charge < -0.3 is 5.73 Å². The molecule has 1 aromatic carbocycles. The van der Waals surface area contributed by atoms with Crippen LogP contribution >= 0.6 is 11.6 Å². The van der Waals surface area contributed by atoms with Crippen molar-refractivity contribution in [3.05, 3.63) is 64.2 Å². The van der Waals surface area contributed by atoms with E-state index in [1.807, 2.05) is 0 Å². The van der Waals surface area contributed by atoms with Crippen LogP contribution in [0.25, 0.3) is 0 Å². The van der Waals surface area contributed by atoms with Gasteiger partial charge >= 0.3 is 0 Å². The van der Waals surface area contributed by atoms with Crippen LogP contribution in [0.15, 0.2) is 36.5 Å². The van der Waals surface area contributed by atoms with Gasteiger partial charge in [0.2, 0.25) is 0 Å². The van der Waals surface area contributed by atoms with Crippen molar-refractivity contribution < 1.29 is 8.78 Å². The summed E-state index contributed by atoms with van der Waals surface area (Å²) in [6.07, 6.45) is 0.0431. The Morgan fingerprint density at radius 1 is 1.20 bits per heavy atom. The number of hydrogen-bond donors (Lipinski definition) is 1. The fourth-order valence-electron chi connectivity index (χ4n) is 1.54. The van der Waals surface area contributed by atoms with Crippen molar-refractivity contribution in [2.45, 2.75) is 6.17 Å². The van der Waals surface area contributed by atoms with Crippen LogP contribution in [0.4, 0.5) is 8.78 Å². The Kier molecular flexibility index (Phi) is 4.67. The third kappa shape index (κ3) is 3.53. The molecule has 0 spiro atoms. The molecule has 1 aromatic heterocycles. The fourth-order valence-corrected chi connectivity index (χ4v) is 1.82. The maximum Gasteiger partial charge on any atom is 0.156 e. The highest BCUT2D eigenvalue weighted by Gasteiger charge is 2.13. The quantitative estimate of drug-likeness (QED) is 0.863. The molecule has 2 N–H and O–H groups in total. The summed E-state index contributed by atoms with van der Waals surface area (Å²) in [6, 6.07) is 7.32. The van der Waals surface area contributed by atoms with Crippen LogP contribution in [-0.2, 0) is 0 Å². The minimum absolute atomic E-state index is 0.112. The van der Waals surface area contributed by atoms with Gasteiger partial charge in [0.25, 0.3) is 0 Å². The van der Waals surface area contributed by atoms with Crippen LogP contribution < -0.4 is 5.73 Å². The van der Waals surface area contributed by atoms with Gasteiger partial charge in [-0.25, -0.2) is 8.78 Å². The smallest absolute Gasteiger partial charge is 0.156 e. The van der Waals surface area contributed by atoms with Crippen molar-refractivity contribution in [1.82, 2.24) is 4.98 Å². The molecule has 1 atom stereocenters. The highest BCUT2D eigenvalue weighted by molar-refractivity contribution is 6.31. The summed E-state index contributed by atoms with van der Waals surface area (Å²) < 4.78 is 26.1. The van der Waals surface area contributed by atoms with Gasteiger partial charge in [-0.1, -0.05) is 23.4 Å². The molecule has 1 heterocycles. The lowest BCUT2D eigenvalue weighted by Gasteiger charge is -2.06. The largest absolute Gasteiger partial charge is 0.327 e. The number of pyridine rings is 1. The molecule has 0 saturated heterocycles. The number of aromatic nitrogens is 1. The van der Waals surface area contributed by atoms with Crippen molar-refractivity contribution in [2.75, 3.05) is 6.54 Å². The number of hydrogen-bond acceptors (Lipinski definition) is 2. The number of nitrogens with two attached hydrogens (primary N) is 1. The van der Waals surface area contributed by atoms with E-state index >= 15 is 0 Å². The molecular weight excluding hydrogens is 282 g/mol. The third-order valence-corrected chi connectivity index (χ3v) is 2.87.